The summed E-state index contributed by atoms with van der Waals surface area (Å²) in [5.74, 6) is 1.78. The van der Waals surface area contributed by atoms with Gasteiger partial charge < -0.3 is 9.30 Å². The minimum absolute atomic E-state index is 0.286. The number of aromatic nitrogens is 2. The van der Waals surface area contributed by atoms with Crippen molar-refractivity contribution in [3.8, 4) is 5.75 Å². The molecule has 148 valence electrons. The van der Waals surface area contributed by atoms with Crippen LogP contribution in [0.2, 0.25) is 10.0 Å². The zero-order valence-electron chi connectivity index (χ0n) is 15.9. The van der Waals surface area contributed by atoms with Gasteiger partial charge in [0.2, 0.25) is 0 Å². The van der Waals surface area contributed by atoms with E-state index in [1.165, 1.54) is 5.56 Å². The van der Waals surface area contributed by atoms with E-state index >= 15 is 0 Å². The third-order valence-electron chi connectivity index (χ3n) is 4.39. The number of nitrogens with zero attached hydrogens (tertiary/aromatic N) is 2. The molecule has 28 heavy (non-hydrogen) atoms. The summed E-state index contributed by atoms with van der Waals surface area (Å²) in [6.45, 7) is 3.78. The third-order valence-corrected chi connectivity index (χ3v) is 6.45. The van der Waals surface area contributed by atoms with Gasteiger partial charge in [-0.3, -0.25) is 0 Å². The van der Waals surface area contributed by atoms with E-state index in [0.717, 1.165) is 43.1 Å². The lowest BCUT2D eigenvalue weighted by Gasteiger charge is -2.18. The highest BCUT2D eigenvalue weighted by atomic mass is 35.5. The van der Waals surface area contributed by atoms with Crippen LogP contribution in [0.15, 0.2) is 61.2 Å². The molecule has 0 spiro atoms. The minimum Gasteiger partial charge on any atom is -0.494 e. The van der Waals surface area contributed by atoms with E-state index in [9.17, 15) is 0 Å². The highest BCUT2D eigenvalue weighted by molar-refractivity contribution is 7.98. The summed E-state index contributed by atoms with van der Waals surface area (Å²) in [6, 6.07) is 14.3. The van der Waals surface area contributed by atoms with Gasteiger partial charge in [0, 0.05) is 29.9 Å². The Bertz CT molecular complexity index is 853. The Kier molecular flexibility index (Phi) is 8.13. The monoisotopic (exact) mass is 434 g/mol. The molecule has 0 amide bonds. The quantitative estimate of drug-likeness (QED) is 0.320. The predicted octanol–water partition coefficient (Wildman–Crippen LogP) is 7.04. The molecule has 0 aliphatic carbocycles. The first-order valence-electron chi connectivity index (χ1n) is 9.39. The molecule has 6 heteroatoms. The van der Waals surface area contributed by atoms with Crippen LogP contribution in [0.5, 0.6) is 5.75 Å². The van der Waals surface area contributed by atoms with E-state index in [0.29, 0.717) is 10.0 Å². The molecule has 0 bridgehead atoms. The van der Waals surface area contributed by atoms with Crippen LogP contribution in [-0.2, 0) is 12.3 Å². The molecule has 0 aliphatic heterocycles. The van der Waals surface area contributed by atoms with Crippen LogP contribution < -0.4 is 4.74 Å². The maximum Gasteiger partial charge on any atom is 0.119 e. The normalized spacial score (nSPS) is 12.1. The van der Waals surface area contributed by atoms with E-state index in [1.54, 1.807) is 0 Å². The Hall–Kier alpha value is -1.62. The molecular formula is C22H24Cl2N2OS. The largest absolute Gasteiger partial charge is 0.494 e. The first-order chi connectivity index (χ1) is 13.7. The summed E-state index contributed by atoms with van der Waals surface area (Å²) in [7, 11) is 0. The van der Waals surface area contributed by atoms with Crippen molar-refractivity contribution in [2.45, 2.75) is 37.3 Å². The molecule has 0 N–H and O–H groups in total. The summed E-state index contributed by atoms with van der Waals surface area (Å²) < 4.78 is 7.90. The fraction of sp³-hybridized carbons (Fsp3) is 0.318. The van der Waals surface area contributed by atoms with Crippen molar-refractivity contribution in [1.29, 1.82) is 0 Å². The molecule has 0 fully saturated rings. The molecule has 0 saturated carbocycles. The van der Waals surface area contributed by atoms with E-state index in [-0.39, 0.29) is 5.25 Å². The molecule has 2 aromatic carbocycles. The van der Waals surface area contributed by atoms with E-state index in [2.05, 4.69) is 40.7 Å². The average Bonchev–Trinajstić information content (AvgIpc) is 3.22. The Morgan fingerprint density at radius 1 is 1.11 bits per heavy atom. The van der Waals surface area contributed by atoms with E-state index in [4.69, 9.17) is 27.9 Å². The van der Waals surface area contributed by atoms with Gasteiger partial charge in [0.1, 0.15) is 5.75 Å². The first-order valence-corrected chi connectivity index (χ1v) is 11.2. The molecule has 1 unspecified atom stereocenters. The van der Waals surface area contributed by atoms with Gasteiger partial charge in [-0.1, -0.05) is 54.7 Å². The van der Waals surface area contributed by atoms with Gasteiger partial charge in [-0.25, -0.2) is 4.98 Å². The summed E-state index contributed by atoms with van der Waals surface area (Å²) in [5, 5.41) is 1.47. The Morgan fingerprint density at radius 2 is 1.93 bits per heavy atom. The van der Waals surface area contributed by atoms with Crippen LogP contribution >= 0.6 is 35.0 Å². The average molecular weight is 435 g/mol. The summed E-state index contributed by atoms with van der Waals surface area (Å²) in [5.41, 5.74) is 2.43. The second-order valence-electron chi connectivity index (χ2n) is 6.58. The van der Waals surface area contributed by atoms with Crippen LogP contribution in [0.1, 0.15) is 36.1 Å². The number of rotatable bonds is 10. The zero-order valence-corrected chi connectivity index (χ0v) is 18.2. The van der Waals surface area contributed by atoms with Gasteiger partial charge in [0.05, 0.1) is 23.0 Å². The van der Waals surface area contributed by atoms with Crippen LogP contribution in [0.4, 0.5) is 0 Å². The second kappa shape index (κ2) is 10.8. The number of imidazole rings is 1. The van der Waals surface area contributed by atoms with Gasteiger partial charge in [0.15, 0.2) is 0 Å². The maximum absolute atomic E-state index is 6.16. The summed E-state index contributed by atoms with van der Waals surface area (Å²) >= 11 is 14.1. The lowest BCUT2D eigenvalue weighted by molar-refractivity contribution is 0.309. The van der Waals surface area contributed by atoms with Gasteiger partial charge in [-0.15, -0.1) is 11.8 Å². The van der Waals surface area contributed by atoms with E-state index in [1.807, 2.05) is 48.7 Å². The summed E-state index contributed by atoms with van der Waals surface area (Å²) in [6.07, 6.45) is 7.87. The Morgan fingerprint density at radius 3 is 2.61 bits per heavy atom. The first kappa shape index (κ1) is 21.1. The smallest absolute Gasteiger partial charge is 0.119 e. The molecule has 0 radical (unpaired) electrons. The molecule has 3 aromatic rings. The molecular weight excluding hydrogens is 411 g/mol. The van der Waals surface area contributed by atoms with Crippen molar-refractivity contribution < 1.29 is 4.74 Å². The van der Waals surface area contributed by atoms with Crippen LogP contribution in [0.3, 0.4) is 0 Å². The van der Waals surface area contributed by atoms with Crippen molar-refractivity contribution in [3.63, 3.8) is 0 Å². The fourth-order valence-corrected chi connectivity index (χ4v) is 4.30. The fourth-order valence-electron chi connectivity index (χ4n) is 2.78. The van der Waals surface area contributed by atoms with Crippen LogP contribution in [-0.4, -0.2) is 16.2 Å². The molecule has 1 aromatic heterocycles. The number of unbranched alkanes of at least 4 members (excludes halogenated alkanes) is 1. The minimum atomic E-state index is 0.286. The zero-order chi connectivity index (χ0) is 19.8. The number of ether oxygens (including phenoxy) is 1. The molecule has 3 nitrogen and oxygen atoms in total. The number of halogens is 2. The standard InChI is InChI=1S/C22H24Cl2N2OS/c1-2-3-12-27-19-7-5-18(6-8-19)22(14-26-11-10-25-16-26)28-15-17-4-9-20(23)21(24)13-17/h4-11,13,16,22H,2-3,12,14-15H2,1H3. The van der Waals surface area contributed by atoms with Crippen molar-refractivity contribution in [1.82, 2.24) is 9.55 Å². The number of thioether (sulfide) groups is 1. The second-order valence-corrected chi connectivity index (χ2v) is 8.58. The lowest BCUT2D eigenvalue weighted by Crippen LogP contribution is -2.06. The predicted molar refractivity (Wildman–Crippen MR) is 120 cm³/mol. The third kappa shape index (κ3) is 6.20. The van der Waals surface area contributed by atoms with Gasteiger partial charge >= 0.3 is 0 Å². The maximum atomic E-state index is 6.16. The van der Waals surface area contributed by atoms with Gasteiger partial charge in [-0.05, 0) is 41.8 Å². The number of hydrogen-bond donors (Lipinski definition) is 0. The molecule has 0 aliphatic rings. The highest BCUT2D eigenvalue weighted by Crippen LogP contribution is 2.35. The molecule has 1 atom stereocenters. The molecule has 3 rings (SSSR count). The lowest BCUT2D eigenvalue weighted by atomic mass is 10.1. The Balaban J connectivity index is 1.70. The number of hydrogen-bond acceptors (Lipinski definition) is 3. The van der Waals surface area contributed by atoms with Crippen molar-refractivity contribution in [3.05, 3.63) is 82.4 Å². The van der Waals surface area contributed by atoms with Gasteiger partial charge in [-0.2, -0.15) is 0 Å². The van der Waals surface area contributed by atoms with Crippen molar-refractivity contribution in [2.75, 3.05) is 6.61 Å². The van der Waals surface area contributed by atoms with Crippen molar-refractivity contribution >= 4 is 35.0 Å². The SMILES string of the molecule is CCCCOc1ccc(C(Cn2ccnc2)SCc2ccc(Cl)c(Cl)c2)cc1. The Labute approximate surface area is 181 Å². The van der Waals surface area contributed by atoms with Crippen LogP contribution in [0, 0.1) is 0 Å². The highest BCUT2D eigenvalue weighted by Gasteiger charge is 2.14. The van der Waals surface area contributed by atoms with Crippen molar-refractivity contribution in [2.24, 2.45) is 0 Å². The van der Waals surface area contributed by atoms with Crippen LogP contribution in [0.25, 0.3) is 0 Å². The molecule has 0 saturated heterocycles. The van der Waals surface area contributed by atoms with E-state index < -0.39 is 0 Å². The topological polar surface area (TPSA) is 27.1 Å². The van der Waals surface area contributed by atoms with Gasteiger partial charge in [0.25, 0.3) is 0 Å². The number of benzene rings is 2. The molecule has 1 heterocycles. The summed E-state index contributed by atoms with van der Waals surface area (Å²) in [4.78, 5) is 4.17.